The molecule has 0 atom stereocenters. The summed E-state index contributed by atoms with van der Waals surface area (Å²) in [6, 6.07) is 10.0. The molecule has 1 rings (SSSR count). The highest BCUT2D eigenvalue weighted by molar-refractivity contribution is 6.89. The van der Waals surface area contributed by atoms with Gasteiger partial charge in [0.25, 0.3) is 0 Å². The molecular weight excluding hydrogens is 206 g/mol. The van der Waals surface area contributed by atoms with Gasteiger partial charge in [0.2, 0.25) is 0 Å². The van der Waals surface area contributed by atoms with Crippen molar-refractivity contribution in [3.8, 4) is 0 Å². The van der Waals surface area contributed by atoms with Crippen LogP contribution in [0, 0.1) is 0 Å². The maximum absolute atomic E-state index is 11.3. The van der Waals surface area contributed by atoms with Gasteiger partial charge in [0.15, 0.2) is 8.24 Å². The van der Waals surface area contributed by atoms with Crippen molar-refractivity contribution in [3.63, 3.8) is 0 Å². The van der Waals surface area contributed by atoms with Crippen LogP contribution < -0.4 is 10.2 Å². The van der Waals surface area contributed by atoms with Gasteiger partial charge in [-0.25, -0.2) is 4.79 Å². The first-order valence-electron chi connectivity index (χ1n) is 5.06. The minimum atomic E-state index is -1.90. The Morgan fingerprint density at radius 3 is 2.47 bits per heavy atom. The van der Waals surface area contributed by atoms with Gasteiger partial charge < -0.3 is 9.72 Å². The monoisotopic (exact) mass is 223 g/mol. The molecule has 0 unspecified atom stereocenters. The Hall–Kier alpha value is -1.29. The van der Waals surface area contributed by atoms with Gasteiger partial charge >= 0.3 is 6.09 Å². The SMILES string of the molecule is CCOC(=O)N[Si](C)(C)c1ccccc1. The van der Waals surface area contributed by atoms with E-state index in [1.54, 1.807) is 6.92 Å². The third kappa shape index (κ3) is 3.40. The third-order valence-electron chi connectivity index (χ3n) is 2.19. The van der Waals surface area contributed by atoms with Crippen molar-refractivity contribution in [1.29, 1.82) is 0 Å². The van der Waals surface area contributed by atoms with Crippen LogP contribution in [0.4, 0.5) is 4.79 Å². The molecule has 82 valence electrons. The quantitative estimate of drug-likeness (QED) is 0.794. The molecular formula is C11H17NO2Si. The highest BCUT2D eigenvalue weighted by Gasteiger charge is 2.26. The molecule has 0 heterocycles. The molecule has 1 N–H and O–H groups in total. The average molecular weight is 223 g/mol. The average Bonchev–Trinajstić information content (AvgIpc) is 2.18. The number of hydrogen-bond donors (Lipinski definition) is 1. The Morgan fingerprint density at radius 1 is 1.33 bits per heavy atom. The lowest BCUT2D eigenvalue weighted by Crippen LogP contribution is -2.57. The number of benzene rings is 1. The van der Waals surface area contributed by atoms with Crippen molar-refractivity contribution in [2.75, 3.05) is 6.61 Å². The summed E-state index contributed by atoms with van der Waals surface area (Å²) < 4.78 is 4.88. The third-order valence-corrected chi connectivity index (χ3v) is 4.79. The van der Waals surface area contributed by atoms with Crippen molar-refractivity contribution >= 4 is 19.5 Å². The molecule has 0 fully saturated rings. The van der Waals surface area contributed by atoms with E-state index < -0.39 is 8.24 Å². The van der Waals surface area contributed by atoms with Crippen molar-refractivity contribution < 1.29 is 9.53 Å². The lowest BCUT2D eigenvalue weighted by Gasteiger charge is -2.23. The maximum Gasteiger partial charge on any atom is 0.399 e. The summed E-state index contributed by atoms with van der Waals surface area (Å²) >= 11 is 0. The first-order valence-corrected chi connectivity index (χ1v) is 8.06. The number of nitrogens with one attached hydrogen (secondary N) is 1. The molecule has 4 heteroatoms. The lowest BCUT2D eigenvalue weighted by molar-refractivity contribution is 0.158. The minimum absolute atomic E-state index is 0.321. The molecule has 1 amide bonds. The number of carbonyl (C=O) groups excluding carboxylic acids is 1. The van der Waals surface area contributed by atoms with Crippen LogP contribution in [-0.2, 0) is 4.74 Å². The van der Waals surface area contributed by atoms with Crippen LogP contribution in [0.25, 0.3) is 0 Å². The highest BCUT2D eigenvalue weighted by Crippen LogP contribution is 1.99. The summed E-state index contributed by atoms with van der Waals surface area (Å²) in [5.41, 5.74) is 0. The van der Waals surface area contributed by atoms with E-state index in [0.29, 0.717) is 6.61 Å². The van der Waals surface area contributed by atoms with Gasteiger partial charge in [0.1, 0.15) is 0 Å². The molecule has 0 saturated carbocycles. The molecule has 0 aliphatic heterocycles. The van der Waals surface area contributed by atoms with Crippen LogP contribution in [0.15, 0.2) is 30.3 Å². The predicted molar refractivity (Wildman–Crippen MR) is 63.7 cm³/mol. The van der Waals surface area contributed by atoms with Gasteiger partial charge in [0.05, 0.1) is 6.61 Å². The van der Waals surface area contributed by atoms with E-state index in [-0.39, 0.29) is 6.09 Å². The first kappa shape index (κ1) is 11.8. The second-order valence-corrected chi connectivity index (χ2v) is 7.91. The molecule has 0 saturated heterocycles. The van der Waals surface area contributed by atoms with Crippen LogP contribution >= 0.6 is 0 Å². The first-order chi connectivity index (χ1) is 7.06. The summed E-state index contributed by atoms with van der Waals surface area (Å²) in [6.07, 6.45) is -0.321. The standard InChI is InChI=1S/C11H17NO2Si/c1-4-14-11(13)12-15(2,3)10-8-6-5-7-9-10/h5-9H,4H2,1-3H3,(H,12,13). The van der Waals surface area contributed by atoms with Crippen LogP contribution in [-0.4, -0.2) is 20.9 Å². The Kier molecular flexibility index (Phi) is 3.91. The van der Waals surface area contributed by atoms with Gasteiger partial charge in [-0.3, -0.25) is 0 Å². The number of rotatable bonds is 3. The Morgan fingerprint density at radius 2 is 1.93 bits per heavy atom. The number of carbonyl (C=O) groups is 1. The topological polar surface area (TPSA) is 38.3 Å². The predicted octanol–water partition coefficient (Wildman–Crippen LogP) is 1.84. The van der Waals surface area contributed by atoms with Crippen LogP contribution in [0.5, 0.6) is 0 Å². The molecule has 0 radical (unpaired) electrons. The second kappa shape index (κ2) is 4.98. The molecule has 0 spiro atoms. The molecule has 15 heavy (non-hydrogen) atoms. The lowest BCUT2D eigenvalue weighted by atomic mass is 10.4. The zero-order valence-electron chi connectivity index (χ0n) is 9.41. The summed E-state index contributed by atoms with van der Waals surface area (Å²) in [7, 11) is -1.90. The van der Waals surface area contributed by atoms with Crippen molar-refractivity contribution in [1.82, 2.24) is 4.98 Å². The fraction of sp³-hybridized carbons (Fsp3) is 0.364. The largest absolute Gasteiger partial charge is 0.450 e. The van der Waals surface area contributed by atoms with Gasteiger partial charge in [0, 0.05) is 0 Å². The van der Waals surface area contributed by atoms with E-state index in [1.165, 1.54) is 5.19 Å². The van der Waals surface area contributed by atoms with Gasteiger partial charge in [-0.2, -0.15) is 0 Å². The normalized spacial score (nSPS) is 10.9. The van der Waals surface area contributed by atoms with E-state index >= 15 is 0 Å². The maximum atomic E-state index is 11.3. The molecule has 3 nitrogen and oxygen atoms in total. The highest BCUT2D eigenvalue weighted by atomic mass is 28.3. The molecule has 1 aromatic rings. The number of amides is 1. The second-order valence-electron chi connectivity index (χ2n) is 3.84. The van der Waals surface area contributed by atoms with Gasteiger partial charge in [-0.1, -0.05) is 30.3 Å². The fourth-order valence-corrected chi connectivity index (χ4v) is 3.10. The summed E-state index contributed by atoms with van der Waals surface area (Å²) in [4.78, 5) is 14.3. The zero-order chi connectivity index (χ0) is 11.3. The summed E-state index contributed by atoms with van der Waals surface area (Å²) in [5.74, 6) is 0. The molecule has 0 bridgehead atoms. The molecule has 0 aromatic heterocycles. The van der Waals surface area contributed by atoms with Crippen LogP contribution in [0.3, 0.4) is 0 Å². The van der Waals surface area contributed by atoms with E-state index in [4.69, 9.17) is 4.74 Å². The van der Waals surface area contributed by atoms with E-state index in [2.05, 4.69) is 18.1 Å². The Labute approximate surface area is 91.5 Å². The van der Waals surface area contributed by atoms with Crippen LogP contribution in [0.2, 0.25) is 13.1 Å². The number of ether oxygens (including phenoxy) is 1. The van der Waals surface area contributed by atoms with Crippen molar-refractivity contribution in [2.45, 2.75) is 20.0 Å². The molecule has 1 aromatic carbocycles. The van der Waals surface area contributed by atoms with Gasteiger partial charge in [-0.15, -0.1) is 0 Å². The smallest absolute Gasteiger partial charge is 0.399 e. The Bertz CT molecular complexity index is 325. The van der Waals surface area contributed by atoms with E-state index in [0.717, 1.165) is 0 Å². The van der Waals surface area contributed by atoms with E-state index in [9.17, 15) is 4.79 Å². The zero-order valence-corrected chi connectivity index (χ0v) is 10.4. The van der Waals surface area contributed by atoms with Gasteiger partial charge in [-0.05, 0) is 25.2 Å². The molecule has 0 aliphatic carbocycles. The Balaban J connectivity index is 2.71. The summed E-state index contributed by atoms with van der Waals surface area (Å²) in [6.45, 7) is 6.38. The fourth-order valence-electron chi connectivity index (χ4n) is 1.35. The number of hydrogen-bond acceptors (Lipinski definition) is 2. The van der Waals surface area contributed by atoms with Crippen LogP contribution in [0.1, 0.15) is 6.92 Å². The molecule has 0 aliphatic rings. The van der Waals surface area contributed by atoms with E-state index in [1.807, 2.05) is 30.3 Å². The minimum Gasteiger partial charge on any atom is -0.450 e. The van der Waals surface area contributed by atoms with Crippen molar-refractivity contribution in [3.05, 3.63) is 30.3 Å². The van der Waals surface area contributed by atoms with Crippen molar-refractivity contribution in [2.24, 2.45) is 0 Å². The summed E-state index contributed by atoms with van der Waals surface area (Å²) in [5, 5.41) is 1.19.